The Morgan fingerprint density at radius 1 is 0.806 bits per heavy atom. The summed E-state index contributed by atoms with van der Waals surface area (Å²) in [6, 6.07) is 1.16. The molecule has 0 heterocycles. The Morgan fingerprint density at radius 3 is 1.48 bits per heavy atom. The van der Waals surface area contributed by atoms with Crippen LogP contribution in [0.2, 0.25) is 0 Å². The second kappa shape index (κ2) is 8.83. The summed E-state index contributed by atoms with van der Waals surface area (Å²) >= 11 is 19.1. The van der Waals surface area contributed by atoms with Crippen molar-refractivity contribution in [1.29, 1.82) is 0 Å². The summed E-state index contributed by atoms with van der Waals surface area (Å²) < 4.78 is 117. The van der Waals surface area contributed by atoms with Crippen LogP contribution in [-0.4, -0.2) is 33.7 Å². The fraction of sp³-hybridized carbons (Fsp3) is 0.647. The van der Waals surface area contributed by atoms with E-state index < -0.39 is 49.8 Å². The van der Waals surface area contributed by atoms with Gasteiger partial charge in [-0.3, -0.25) is 0 Å². The van der Waals surface area contributed by atoms with Crippen molar-refractivity contribution in [3.05, 3.63) is 34.9 Å². The third-order valence-electron chi connectivity index (χ3n) is 4.89. The molecule has 0 aliphatic carbocycles. The molecule has 0 spiro atoms. The Morgan fingerprint density at radius 2 is 1.19 bits per heavy atom. The predicted molar refractivity (Wildman–Crippen MR) is 101 cm³/mol. The zero-order valence-corrected chi connectivity index (χ0v) is 18.9. The van der Waals surface area contributed by atoms with Crippen molar-refractivity contribution in [3.63, 3.8) is 0 Å². The Balaban J connectivity index is 4.21. The van der Waals surface area contributed by atoms with Crippen LogP contribution in [-0.2, 0) is 15.9 Å². The van der Waals surface area contributed by atoms with E-state index in [2.05, 4.69) is 27.9 Å². The topological polar surface area (TPSA) is 29.5 Å². The fourth-order valence-corrected chi connectivity index (χ4v) is 4.07. The third-order valence-corrected chi connectivity index (χ3v) is 5.97. The van der Waals surface area contributed by atoms with Crippen LogP contribution in [0, 0.1) is 0 Å². The first-order valence-corrected chi connectivity index (χ1v) is 9.83. The Labute approximate surface area is 192 Å². The maximum Gasteiger partial charge on any atom is 0.361 e. The first-order valence-electron chi connectivity index (χ1n) is 8.32. The smallest absolute Gasteiger partial charge is 0.361 e. The summed E-state index contributed by atoms with van der Waals surface area (Å²) in [5.74, 6) is -0.752. The van der Waals surface area contributed by atoms with Gasteiger partial charge in [0, 0.05) is 7.11 Å². The molecule has 1 unspecified atom stereocenters. The molecule has 0 radical (unpaired) electrons. The lowest BCUT2D eigenvalue weighted by molar-refractivity contribution is -0.240. The van der Waals surface area contributed by atoms with Crippen molar-refractivity contribution < 1.29 is 45.0 Å². The van der Waals surface area contributed by atoms with Gasteiger partial charge in [0.1, 0.15) is 0 Å². The first kappa shape index (κ1) is 28.8. The van der Waals surface area contributed by atoms with Gasteiger partial charge in [0.2, 0.25) is 5.60 Å². The maximum absolute atomic E-state index is 14.2. The molecule has 1 N–H and O–H groups in total. The van der Waals surface area contributed by atoms with Crippen molar-refractivity contribution in [2.75, 3.05) is 7.11 Å². The van der Waals surface area contributed by atoms with Crippen LogP contribution >= 0.6 is 46.4 Å². The molecule has 0 aliphatic rings. The van der Waals surface area contributed by atoms with Gasteiger partial charge >= 0.3 is 21.5 Å². The molecule has 1 aromatic rings. The lowest BCUT2D eigenvalue weighted by Gasteiger charge is -2.41. The van der Waals surface area contributed by atoms with Crippen molar-refractivity contribution >= 4 is 46.4 Å². The summed E-state index contributed by atoms with van der Waals surface area (Å²) in [5.41, 5.74) is -12.2. The summed E-state index contributed by atoms with van der Waals surface area (Å²) in [6.45, 7) is 2.93. The van der Waals surface area contributed by atoms with Gasteiger partial charge in [0.15, 0.2) is 0 Å². The monoisotopic (exact) mass is 544 g/mol. The average Bonchev–Trinajstić information content (AvgIpc) is 2.56. The number of methoxy groups -OCH3 is 1. The van der Waals surface area contributed by atoms with Gasteiger partial charge < -0.3 is 9.84 Å². The Hall–Kier alpha value is -0.260. The minimum absolute atomic E-state index is 0.0193. The number of halogens is 12. The van der Waals surface area contributed by atoms with Gasteiger partial charge in [-0.05, 0) is 81.5 Å². The molecule has 0 aromatic heterocycles. The number of hydrogen-bond donors (Lipinski definition) is 1. The van der Waals surface area contributed by atoms with Crippen LogP contribution < -0.4 is 0 Å². The number of alkyl halides is 12. The lowest BCUT2D eigenvalue weighted by Crippen LogP contribution is -2.55. The van der Waals surface area contributed by atoms with E-state index in [-0.39, 0.29) is 18.1 Å². The van der Waals surface area contributed by atoms with E-state index in [0.29, 0.717) is 19.2 Å². The maximum atomic E-state index is 14.2. The highest BCUT2D eigenvalue weighted by atomic mass is 35.5. The number of benzene rings is 1. The molecule has 31 heavy (non-hydrogen) atoms. The molecule has 0 fully saturated rings. The van der Waals surface area contributed by atoms with Crippen LogP contribution in [0.5, 0.6) is 0 Å². The fourth-order valence-electron chi connectivity index (χ4n) is 2.91. The van der Waals surface area contributed by atoms with Gasteiger partial charge in [-0.2, -0.15) is 35.1 Å². The van der Waals surface area contributed by atoms with E-state index in [1.807, 2.05) is 0 Å². The van der Waals surface area contributed by atoms with E-state index >= 15 is 0 Å². The number of ether oxygens (including phenoxy) is 1. The summed E-state index contributed by atoms with van der Waals surface area (Å²) in [7, 11) is 0.362. The van der Waals surface area contributed by atoms with Crippen LogP contribution in [0.15, 0.2) is 18.2 Å². The normalized spacial score (nSPS) is 15.9. The molecular weight excluding hydrogens is 530 g/mol. The highest BCUT2D eigenvalue weighted by Gasteiger charge is 2.71. The largest absolute Gasteiger partial charge is 0.372 e. The van der Waals surface area contributed by atoms with Gasteiger partial charge in [-0.1, -0.05) is 26.0 Å². The van der Waals surface area contributed by atoms with E-state index in [0.717, 1.165) is 0 Å². The molecular formula is C17H16Cl4F8O2. The van der Waals surface area contributed by atoms with Gasteiger partial charge in [-0.15, -0.1) is 0 Å². The standard InChI is InChI=1S/C17H16Cl4F8O2/c1-4-8(2)9-5-10(12(30,14(18,22)23)15(19,24)25)7-11(6-9)13(31-3,16(20,26)27)17(21,28)29/h5-8,30H,4H2,1-3H3. The summed E-state index contributed by atoms with van der Waals surface area (Å²) in [4.78, 5) is 0. The SMILES string of the molecule is CCC(C)c1cc(C(O)(C(F)(F)Cl)C(F)(F)Cl)cc(C(OC)(C(F)(F)Cl)C(F)(F)Cl)c1. The molecule has 0 aliphatic heterocycles. The zero-order valence-electron chi connectivity index (χ0n) is 15.9. The van der Waals surface area contributed by atoms with Crippen molar-refractivity contribution in [3.8, 4) is 0 Å². The number of aliphatic hydroxyl groups is 1. The van der Waals surface area contributed by atoms with Crippen molar-refractivity contribution in [2.45, 2.75) is 58.9 Å². The van der Waals surface area contributed by atoms with Crippen LogP contribution in [0.4, 0.5) is 35.1 Å². The van der Waals surface area contributed by atoms with Crippen LogP contribution in [0.25, 0.3) is 0 Å². The molecule has 0 amide bonds. The highest BCUT2D eigenvalue weighted by molar-refractivity contribution is 6.27. The molecule has 0 bridgehead atoms. The van der Waals surface area contributed by atoms with Gasteiger partial charge in [-0.25, -0.2) is 0 Å². The number of hydrogen-bond acceptors (Lipinski definition) is 2. The molecule has 1 atom stereocenters. The second-order valence-electron chi connectivity index (χ2n) is 6.74. The van der Waals surface area contributed by atoms with E-state index in [1.54, 1.807) is 0 Å². The Kier molecular flexibility index (Phi) is 8.20. The van der Waals surface area contributed by atoms with Gasteiger partial charge in [0.25, 0.3) is 5.60 Å². The van der Waals surface area contributed by atoms with Crippen molar-refractivity contribution in [2.24, 2.45) is 0 Å². The number of rotatable bonds is 9. The summed E-state index contributed by atoms with van der Waals surface area (Å²) in [5, 5.41) is -10.2. The van der Waals surface area contributed by atoms with Crippen LogP contribution in [0.3, 0.4) is 0 Å². The van der Waals surface area contributed by atoms with E-state index in [9.17, 15) is 40.2 Å². The first-order chi connectivity index (χ1) is 13.6. The quantitative estimate of drug-likeness (QED) is 0.256. The van der Waals surface area contributed by atoms with E-state index in [1.165, 1.54) is 13.8 Å². The van der Waals surface area contributed by atoms with Gasteiger partial charge in [0.05, 0.1) is 0 Å². The lowest BCUT2D eigenvalue weighted by atomic mass is 9.82. The molecule has 1 aromatic carbocycles. The minimum atomic E-state index is -5.19. The average molecular weight is 546 g/mol. The second-order valence-corrected chi connectivity index (χ2v) is 8.64. The Bertz CT molecular complexity index is 756. The molecule has 2 nitrogen and oxygen atoms in total. The van der Waals surface area contributed by atoms with Crippen molar-refractivity contribution in [1.82, 2.24) is 0 Å². The molecule has 0 saturated carbocycles. The zero-order chi connectivity index (χ0) is 24.8. The molecule has 0 saturated heterocycles. The predicted octanol–water partition coefficient (Wildman–Crippen LogP) is 7.56. The summed E-state index contributed by atoms with van der Waals surface area (Å²) in [6.07, 6.45) is 0.171. The molecule has 180 valence electrons. The highest BCUT2D eigenvalue weighted by Crippen LogP contribution is 2.57. The minimum Gasteiger partial charge on any atom is -0.372 e. The van der Waals surface area contributed by atoms with E-state index in [4.69, 9.17) is 23.2 Å². The molecule has 1 rings (SSSR count). The molecule has 14 heteroatoms. The van der Waals surface area contributed by atoms with Crippen LogP contribution in [0.1, 0.15) is 42.9 Å². The third kappa shape index (κ3) is 4.84.